The highest BCUT2D eigenvalue weighted by Crippen LogP contribution is 2.52. The van der Waals surface area contributed by atoms with Gasteiger partial charge in [0.1, 0.15) is 0 Å². The van der Waals surface area contributed by atoms with Crippen molar-refractivity contribution in [3.05, 3.63) is 0 Å². The van der Waals surface area contributed by atoms with E-state index in [1.807, 2.05) is 4.74 Å². The Labute approximate surface area is 193 Å². The SMILES string of the molecule is O=C(NCCO)C(F)(F)OC(F)(F)C(F)(F)OC(F)(F)C(F)(F)OC(F)(F)C(F)(F)OC(F)(F)C(F)(F)F. The lowest BCUT2D eigenvalue weighted by Crippen LogP contribution is -2.61. The summed E-state index contributed by atoms with van der Waals surface area (Å²) in [5.41, 5.74) is 0. The second-order valence-electron chi connectivity index (χ2n) is 6.02. The molecule has 0 atom stereocenters. The van der Waals surface area contributed by atoms with Crippen molar-refractivity contribution in [3.8, 4) is 0 Å². The van der Waals surface area contributed by atoms with Gasteiger partial charge in [-0.2, -0.15) is 83.4 Å². The fraction of sp³-hybridized carbons (Fsp3) is 0.917. The van der Waals surface area contributed by atoms with Crippen LogP contribution in [0.5, 0.6) is 0 Å². The van der Waals surface area contributed by atoms with Gasteiger partial charge in [0.05, 0.1) is 6.61 Å². The number of carbonyl (C=O) groups is 1. The molecule has 0 aliphatic heterocycles. The Hall–Kier alpha value is -2.06. The molecule has 7 nitrogen and oxygen atoms in total. The number of halogens is 19. The molecule has 0 saturated carbocycles. The Morgan fingerprint density at radius 1 is 0.500 bits per heavy atom. The predicted octanol–water partition coefficient (Wildman–Crippen LogP) is 4.47. The number of rotatable bonds is 14. The minimum atomic E-state index is -7.82. The maximum atomic E-state index is 13.2. The fourth-order valence-electron chi connectivity index (χ4n) is 1.38. The van der Waals surface area contributed by atoms with E-state index < -0.39 is 74.1 Å². The largest absolute Gasteiger partial charge is 0.483 e. The first kappa shape index (κ1) is 35.9. The van der Waals surface area contributed by atoms with Crippen LogP contribution in [0.15, 0.2) is 0 Å². The second-order valence-corrected chi connectivity index (χ2v) is 6.02. The summed E-state index contributed by atoms with van der Waals surface area (Å²) in [4.78, 5) is 10.8. The van der Waals surface area contributed by atoms with E-state index in [0.717, 1.165) is 5.32 Å². The van der Waals surface area contributed by atoms with Crippen LogP contribution in [0.25, 0.3) is 0 Å². The third kappa shape index (κ3) is 7.98. The predicted molar refractivity (Wildman–Crippen MR) is 70.1 cm³/mol. The van der Waals surface area contributed by atoms with Crippen molar-refractivity contribution in [3.63, 3.8) is 0 Å². The van der Waals surface area contributed by atoms with Gasteiger partial charge in [0.15, 0.2) is 0 Å². The van der Waals surface area contributed by atoms with E-state index in [0.29, 0.717) is 0 Å². The zero-order chi connectivity index (χ0) is 31.0. The van der Waals surface area contributed by atoms with E-state index in [9.17, 15) is 88.2 Å². The van der Waals surface area contributed by atoms with Crippen molar-refractivity contribution < 1.29 is 112 Å². The van der Waals surface area contributed by atoms with Gasteiger partial charge in [-0.05, 0) is 0 Å². The Bertz CT molecular complexity index is 828. The monoisotopic (exact) mass is 621 g/mol. The molecule has 0 bridgehead atoms. The Morgan fingerprint density at radius 2 is 0.763 bits per heavy atom. The van der Waals surface area contributed by atoms with Crippen LogP contribution >= 0.6 is 0 Å². The number of alkyl halides is 19. The molecule has 0 heterocycles. The van der Waals surface area contributed by atoms with Gasteiger partial charge in [0, 0.05) is 6.54 Å². The summed E-state index contributed by atoms with van der Waals surface area (Å²) in [5.74, 6) is -3.10. The van der Waals surface area contributed by atoms with Crippen molar-refractivity contribution in [1.82, 2.24) is 5.32 Å². The molecule has 0 rings (SSSR count). The van der Waals surface area contributed by atoms with Crippen molar-refractivity contribution in [2.24, 2.45) is 0 Å². The number of ether oxygens (including phenoxy) is 4. The van der Waals surface area contributed by atoms with Gasteiger partial charge in [-0.1, -0.05) is 0 Å². The van der Waals surface area contributed by atoms with Gasteiger partial charge in [-0.3, -0.25) is 4.79 Å². The Balaban J connectivity index is 5.96. The number of hydrogen-bond acceptors (Lipinski definition) is 6. The average Bonchev–Trinajstić information content (AvgIpc) is 2.61. The van der Waals surface area contributed by atoms with Crippen molar-refractivity contribution in [2.75, 3.05) is 13.2 Å². The van der Waals surface area contributed by atoms with Gasteiger partial charge < -0.3 is 10.4 Å². The molecule has 2 N–H and O–H groups in total. The summed E-state index contributed by atoms with van der Waals surface area (Å²) in [6.45, 7) is -2.39. The van der Waals surface area contributed by atoms with Crippen LogP contribution < -0.4 is 5.32 Å². The van der Waals surface area contributed by atoms with Gasteiger partial charge >= 0.3 is 61.0 Å². The van der Waals surface area contributed by atoms with Crippen LogP contribution in [0.4, 0.5) is 83.4 Å². The molecule has 0 aromatic rings. The maximum absolute atomic E-state index is 13.2. The fourth-order valence-corrected chi connectivity index (χ4v) is 1.38. The number of hydrogen-bond donors (Lipinski definition) is 2. The third-order valence-corrected chi connectivity index (χ3v) is 3.03. The molecule has 0 radical (unpaired) electrons. The third-order valence-electron chi connectivity index (χ3n) is 3.03. The molecule has 38 heavy (non-hydrogen) atoms. The quantitative estimate of drug-likeness (QED) is 0.279. The normalized spacial score (nSPS) is 15.6. The maximum Gasteiger partial charge on any atom is 0.483 e. The van der Waals surface area contributed by atoms with E-state index in [-0.39, 0.29) is 0 Å². The second kappa shape index (κ2) is 10.5. The van der Waals surface area contributed by atoms with Crippen LogP contribution in [0.2, 0.25) is 0 Å². The Morgan fingerprint density at radius 3 is 1.03 bits per heavy atom. The number of carbonyl (C=O) groups excluding carboxylic acids is 1. The lowest BCUT2D eigenvalue weighted by atomic mass is 10.4. The van der Waals surface area contributed by atoms with Crippen LogP contribution in [-0.4, -0.2) is 79.2 Å². The van der Waals surface area contributed by atoms with Gasteiger partial charge in [-0.15, -0.1) is 0 Å². The summed E-state index contributed by atoms with van der Waals surface area (Å²) in [5, 5.41) is 9.04. The van der Waals surface area contributed by atoms with Crippen LogP contribution in [0.3, 0.4) is 0 Å². The van der Waals surface area contributed by atoms with E-state index >= 15 is 0 Å². The van der Waals surface area contributed by atoms with Gasteiger partial charge in [0.2, 0.25) is 0 Å². The number of amides is 1. The first-order valence-corrected chi connectivity index (χ1v) is 8.10. The molecule has 0 aliphatic carbocycles. The highest BCUT2D eigenvalue weighted by atomic mass is 19.4. The van der Waals surface area contributed by atoms with Gasteiger partial charge in [-0.25, -0.2) is 18.9 Å². The molecule has 0 fully saturated rings. The van der Waals surface area contributed by atoms with Gasteiger partial charge in [0.25, 0.3) is 0 Å². The van der Waals surface area contributed by atoms with E-state index in [1.165, 1.54) is 14.2 Å². The standard InChI is InChI=1S/C12H6F19NO6/c13-4(14,3(34)32-1-2-33)35-7(20,21)8(22,23)37-11(28,29)12(30,31)38-10(26,27)9(24,25)36-6(18,19)5(15,16)17/h33H,1-2H2,(H,32,34). The lowest BCUT2D eigenvalue weighted by molar-refractivity contribution is -0.581. The molecule has 0 aromatic carbocycles. The number of aliphatic hydroxyl groups is 1. The minimum Gasteiger partial charge on any atom is -0.395 e. The summed E-state index contributed by atoms with van der Waals surface area (Å²) < 4.78 is 250. The highest BCUT2D eigenvalue weighted by molar-refractivity contribution is 5.81. The smallest absolute Gasteiger partial charge is 0.395 e. The first-order chi connectivity index (χ1) is 16.3. The highest BCUT2D eigenvalue weighted by Gasteiger charge is 2.78. The minimum absolute atomic E-state index is 0.823. The van der Waals surface area contributed by atoms with Crippen molar-refractivity contribution in [2.45, 2.75) is 55.0 Å². The zero-order valence-electron chi connectivity index (χ0n) is 16.6. The van der Waals surface area contributed by atoms with E-state index in [4.69, 9.17) is 5.11 Å². The zero-order valence-corrected chi connectivity index (χ0v) is 16.6. The molecule has 228 valence electrons. The summed E-state index contributed by atoms with van der Waals surface area (Å²) in [6, 6.07) is 0. The molecular formula is C12H6F19NO6. The molecule has 26 heteroatoms. The van der Waals surface area contributed by atoms with Crippen molar-refractivity contribution in [1.29, 1.82) is 0 Å². The Kier molecular flexibility index (Phi) is 9.92. The molecule has 0 saturated heterocycles. The lowest BCUT2D eigenvalue weighted by Gasteiger charge is -2.35. The number of aliphatic hydroxyl groups excluding tert-OH is 1. The van der Waals surface area contributed by atoms with E-state index in [1.54, 1.807) is 0 Å². The van der Waals surface area contributed by atoms with E-state index in [2.05, 4.69) is 0 Å². The molecular weight excluding hydrogens is 615 g/mol. The van der Waals surface area contributed by atoms with Crippen molar-refractivity contribution >= 4 is 5.91 Å². The summed E-state index contributed by atoms with van der Waals surface area (Å²) in [6.07, 6.45) is -66.7. The number of nitrogens with one attached hydrogen (secondary N) is 1. The molecule has 0 spiro atoms. The first-order valence-electron chi connectivity index (χ1n) is 8.10. The van der Waals surface area contributed by atoms with Crippen LogP contribution in [0.1, 0.15) is 0 Å². The summed E-state index contributed by atoms with van der Waals surface area (Å²) in [7, 11) is 0. The average molecular weight is 621 g/mol. The molecule has 0 unspecified atom stereocenters. The van der Waals surface area contributed by atoms with Crippen LogP contribution in [-0.2, 0) is 23.7 Å². The summed E-state index contributed by atoms with van der Waals surface area (Å²) >= 11 is 0. The molecule has 1 amide bonds. The van der Waals surface area contributed by atoms with Crippen LogP contribution in [0, 0.1) is 0 Å². The molecule has 0 aromatic heterocycles. The topological polar surface area (TPSA) is 86.3 Å². The molecule has 0 aliphatic rings.